The number of rotatable bonds is 24. The van der Waals surface area contributed by atoms with E-state index in [4.69, 9.17) is 9.62 Å². The Morgan fingerprint density at radius 3 is 2.40 bits per heavy atom. The van der Waals surface area contributed by atoms with E-state index in [0.29, 0.717) is 42.3 Å². The molecule has 5 rings (SSSR count). The van der Waals surface area contributed by atoms with Gasteiger partial charge in [-0.3, -0.25) is 14.8 Å². The number of carbonyl (C=O) groups excluding carboxylic acids is 2. The zero-order valence-corrected chi connectivity index (χ0v) is 36.7. The van der Waals surface area contributed by atoms with E-state index in [0.717, 1.165) is 55.7 Å². The van der Waals surface area contributed by atoms with Gasteiger partial charge in [0.05, 0.1) is 23.3 Å². The Labute approximate surface area is 372 Å². The van der Waals surface area contributed by atoms with Crippen LogP contribution in [0.15, 0.2) is 96.6 Å². The fraction of sp³-hybridized carbons (Fsp3) is 0.356. The first kappa shape index (κ1) is 49.5. The molecule has 2 aromatic heterocycles. The van der Waals surface area contributed by atoms with E-state index in [1.54, 1.807) is 48.6 Å². The molecular formula is C45H51F3N6O11. The van der Waals surface area contributed by atoms with Crippen LogP contribution in [0.1, 0.15) is 107 Å². The number of benzene rings is 2. The number of aromatic amines is 1. The highest BCUT2D eigenvalue weighted by molar-refractivity contribution is 5.95. The molecule has 0 unspecified atom stereocenters. The number of hydrogen-bond acceptors (Lipinski definition) is 14. The van der Waals surface area contributed by atoms with Gasteiger partial charge in [0.25, 0.3) is 0 Å². The van der Waals surface area contributed by atoms with Crippen molar-refractivity contribution >= 4 is 35.0 Å². The SMILES string of the molecule is CC=CC=CC=COOOOOOOOC(=O)c1[nH]n2c(-c3cc(NC(=O)CCCCC)ccc3OCC)nnc2c1C=C=CC=C1N(CCCC)c2cc(C(F)(F)F)ccc2C1(C)C. The van der Waals surface area contributed by atoms with E-state index >= 15 is 0 Å². The van der Waals surface area contributed by atoms with Crippen molar-refractivity contribution in [1.82, 2.24) is 19.8 Å². The first-order valence-corrected chi connectivity index (χ1v) is 20.8. The fourth-order valence-electron chi connectivity index (χ4n) is 6.80. The highest BCUT2D eigenvalue weighted by atomic mass is 19.4. The van der Waals surface area contributed by atoms with Crippen molar-refractivity contribution in [3.05, 3.63) is 119 Å². The molecule has 0 atom stereocenters. The summed E-state index contributed by atoms with van der Waals surface area (Å²) in [4.78, 5) is 37.4. The second kappa shape index (κ2) is 24.0. The highest BCUT2D eigenvalue weighted by Crippen LogP contribution is 2.49. The smallest absolute Gasteiger partial charge is 0.416 e. The second-order valence-corrected chi connectivity index (χ2v) is 14.7. The van der Waals surface area contributed by atoms with Crippen molar-refractivity contribution in [3.8, 4) is 17.1 Å². The Morgan fingerprint density at radius 1 is 0.908 bits per heavy atom. The predicted octanol–water partition coefficient (Wildman–Crippen LogP) is 10.6. The summed E-state index contributed by atoms with van der Waals surface area (Å²) in [7, 11) is 0. The van der Waals surface area contributed by atoms with E-state index in [2.05, 4.69) is 68.4 Å². The molecule has 0 saturated carbocycles. The Balaban J connectivity index is 1.45. The van der Waals surface area contributed by atoms with Crippen molar-refractivity contribution in [2.45, 2.75) is 91.7 Å². The first-order valence-electron chi connectivity index (χ1n) is 20.8. The molecule has 0 aliphatic carbocycles. The highest BCUT2D eigenvalue weighted by Gasteiger charge is 2.42. The van der Waals surface area contributed by atoms with Gasteiger partial charge in [-0.25, -0.2) is 9.31 Å². The van der Waals surface area contributed by atoms with E-state index < -0.39 is 23.1 Å². The molecule has 1 aliphatic rings. The quantitative estimate of drug-likeness (QED) is 0.0169. The number of H-pyrrole nitrogens is 1. The zero-order valence-electron chi connectivity index (χ0n) is 36.7. The number of anilines is 2. The number of halogens is 3. The van der Waals surface area contributed by atoms with Crippen LogP contribution in [-0.4, -0.2) is 44.8 Å². The third-order valence-corrected chi connectivity index (χ3v) is 9.88. The normalized spacial score (nSPS) is 14.2. The second-order valence-electron chi connectivity index (χ2n) is 14.7. The van der Waals surface area contributed by atoms with Crippen molar-refractivity contribution < 1.29 is 67.5 Å². The Bertz CT molecular complexity index is 2430. The van der Waals surface area contributed by atoms with Gasteiger partial charge in [-0.15, -0.1) is 15.9 Å². The average Bonchev–Trinajstić information content (AvgIpc) is 3.92. The summed E-state index contributed by atoms with van der Waals surface area (Å²) in [6, 6.07) is 8.86. The van der Waals surface area contributed by atoms with Crippen LogP contribution < -0.4 is 15.0 Å². The molecular weight excluding hydrogens is 858 g/mol. The molecule has 3 heterocycles. The third-order valence-electron chi connectivity index (χ3n) is 9.88. The van der Waals surface area contributed by atoms with E-state index in [9.17, 15) is 22.8 Å². The number of nitrogens with zero attached hydrogens (tertiary/aromatic N) is 4. The van der Waals surface area contributed by atoms with Crippen LogP contribution in [0.3, 0.4) is 0 Å². The minimum absolute atomic E-state index is 0.122. The van der Waals surface area contributed by atoms with E-state index in [1.807, 2.05) is 45.6 Å². The number of ether oxygens (including phenoxy) is 1. The average molecular weight is 909 g/mol. The number of carbonyl (C=O) groups is 2. The van der Waals surface area contributed by atoms with Gasteiger partial charge in [-0.05, 0) is 86.9 Å². The van der Waals surface area contributed by atoms with Crippen LogP contribution >= 0.6 is 0 Å². The number of alkyl halides is 3. The van der Waals surface area contributed by atoms with Gasteiger partial charge in [0, 0.05) is 65.7 Å². The lowest BCUT2D eigenvalue weighted by atomic mass is 9.83. The fourth-order valence-corrected chi connectivity index (χ4v) is 6.80. The lowest BCUT2D eigenvalue weighted by molar-refractivity contribution is -0.807. The Morgan fingerprint density at radius 2 is 1.66 bits per heavy atom. The van der Waals surface area contributed by atoms with E-state index in [-0.39, 0.29) is 28.6 Å². The van der Waals surface area contributed by atoms with Gasteiger partial charge in [0.1, 0.15) is 12.0 Å². The number of aromatic nitrogens is 4. The van der Waals surface area contributed by atoms with Crippen LogP contribution in [0.25, 0.3) is 23.1 Å². The summed E-state index contributed by atoms with van der Waals surface area (Å²) in [6.45, 7) is 12.4. The van der Waals surface area contributed by atoms with Gasteiger partial charge in [-0.1, -0.05) is 77.3 Å². The molecule has 1 amide bonds. The number of unbranched alkanes of at least 4 members (excludes halogenated alkanes) is 3. The molecule has 2 aromatic carbocycles. The minimum Gasteiger partial charge on any atom is -0.493 e. The molecule has 20 heteroatoms. The lowest BCUT2D eigenvalue weighted by Gasteiger charge is -2.26. The summed E-state index contributed by atoms with van der Waals surface area (Å²) >= 11 is 0. The summed E-state index contributed by atoms with van der Waals surface area (Å²) in [5.41, 5.74) is 4.53. The van der Waals surface area contributed by atoms with Crippen LogP contribution in [-0.2, 0) is 56.4 Å². The topological polar surface area (TPSA) is 178 Å². The summed E-state index contributed by atoms with van der Waals surface area (Å²) in [5.74, 6) is -0.707. The largest absolute Gasteiger partial charge is 0.493 e. The van der Waals surface area contributed by atoms with Crippen molar-refractivity contribution in [3.63, 3.8) is 0 Å². The molecule has 0 fully saturated rings. The third kappa shape index (κ3) is 13.0. The van der Waals surface area contributed by atoms with Crippen LogP contribution in [0.5, 0.6) is 5.75 Å². The Kier molecular flexibility index (Phi) is 18.3. The molecule has 2 N–H and O–H groups in total. The molecule has 17 nitrogen and oxygen atoms in total. The molecule has 0 saturated heterocycles. The predicted molar refractivity (Wildman–Crippen MR) is 230 cm³/mol. The maximum absolute atomic E-state index is 13.8. The van der Waals surface area contributed by atoms with Gasteiger partial charge >= 0.3 is 12.1 Å². The standard InChI is InChI=1S/C45H51F3N6O11/c1-7-11-14-15-19-28-58-60-62-64-65-63-61-59-43(56)40-33(20-17-18-21-38-44(5,6)35-25-23-31(45(46,47)48)29-36(35)53(38)27-13-9-3)41-50-51-42(54(41)52-40)34-30-32(24-26-37(34)57-10-4)49-39(55)22-16-12-8-2/h7,11,14-15,18-21,23-26,28-30,52H,8-10,12-13,16,22,27H2,1-6H3,(H,49,55). The minimum atomic E-state index is -4.51. The Hall–Kier alpha value is -6.51. The monoisotopic (exact) mass is 908 g/mol. The number of hydrogen-bond donors (Lipinski definition) is 2. The molecule has 0 radical (unpaired) electrons. The maximum atomic E-state index is 13.8. The van der Waals surface area contributed by atoms with Crippen LogP contribution in [0, 0.1) is 0 Å². The molecule has 1 aliphatic heterocycles. The number of amides is 1. The van der Waals surface area contributed by atoms with Gasteiger partial charge in [0.2, 0.25) is 5.91 Å². The van der Waals surface area contributed by atoms with Crippen LogP contribution in [0.2, 0.25) is 0 Å². The van der Waals surface area contributed by atoms with Crippen molar-refractivity contribution in [1.29, 1.82) is 0 Å². The number of allylic oxidation sites excluding steroid dienone is 8. The van der Waals surface area contributed by atoms with Gasteiger partial charge < -0.3 is 19.8 Å². The van der Waals surface area contributed by atoms with E-state index in [1.165, 1.54) is 28.8 Å². The van der Waals surface area contributed by atoms with Crippen molar-refractivity contribution in [2.75, 3.05) is 23.4 Å². The summed E-state index contributed by atoms with van der Waals surface area (Å²) < 4.78 is 48.7. The van der Waals surface area contributed by atoms with Gasteiger partial charge in [0.15, 0.2) is 17.2 Å². The number of nitrogens with one attached hydrogen (secondary N) is 2. The van der Waals surface area contributed by atoms with Gasteiger partial charge in [-0.2, -0.15) is 13.2 Å². The lowest BCUT2D eigenvalue weighted by Crippen LogP contribution is -2.26. The maximum Gasteiger partial charge on any atom is 0.416 e. The van der Waals surface area contributed by atoms with Crippen molar-refractivity contribution in [2.24, 2.45) is 0 Å². The first-order chi connectivity index (χ1) is 31.3. The molecule has 348 valence electrons. The molecule has 4 aromatic rings. The summed E-state index contributed by atoms with van der Waals surface area (Å²) in [5, 5.41) is 39.6. The molecule has 65 heavy (non-hydrogen) atoms. The number of fused-ring (bicyclic) bond motifs is 2. The van der Waals surface area contributed by atoms with Crippen LogP contribution in [0.4, 0.5) is 24.5 Å². The zero-order chi connectivity index (χ0) is 46.8. The summed E-state index contributed by atoms with van der Waals surface area (Å²) in [6.07, 6.45) is 14.4. The molecule has 0 bridgehead atoms. The molecule has 0 spiro atoms.